The molecule has 1 saturated heterocycles. The first-order valence-corrected chi connectivity index (χ1v) is 8.35. The average Bonchev–Trinajstić information content (AvgIpc) is 2.79. The van der Waals surface area contributed by atoms with Gasteiger partial charge in [-0.15, -0.1) is 0 Å². The summed E-state index contributed by atoms with van der Waals surface area (Å²) in [5, 5.41) is 13.4. The number of nitrogens with zero attached hydrogens (tertiary/aromatic N) is 2. The molecule has 126 valence electrons. The van der Waals surface area contributed by atoms with Crippen LogP contribution in [0.3, 0.4) is 0 Å². The fourth-order valence-electron chi connectivity index (χ4n) is 3.34. The minimum atomic E-state index is -0.814. The van der Waals surface area contributed by atoms with E-state index in [9.17, 15) is 5.11 Å². The van der Waals surface area contributed by atoms with E-state index in [1.165, 1.54) is 5.56 Å². The van der Waals surface area contributed by atoms with Crippen LogP contribution in [-0.2, 0) is 4.74 Å². The first-order valence-electron chi connectivity index (χ1n) is 8.35. The van der Waals surface area contributed by atoms with Gasteiger partial charge < -0.3 is 19.7 Å². The van der Waals surface area contributed by atoms with Gasteiger partial charge in [0.2, 0.25) is 0 Å². The van der Waals surface area contributed by atoms with Crippen LogP contribution in [0, 0.1) is 13.8 Å². The smallest absolute Gasteiger partial charge is 0.107 e. The number of imidazole rings is 1. The number of piperidine rings is 1. The van der Waals surface area contributed by atoms with E-state index in [0.29, 0.717) is 6.61 Å². The van der Waals surface area contributed by atoms with Gasteiger partial charge in [0.05, 0.1) is 35.4 Å². The number of nitrogens with one attached hydrogen (secondary N) is 1. The van der Waals surface area contributed by atoms with Crippen LogP contribution < -0.4 is 5.32 Å². The van der Waals surface area contributed by atoms with Gasteiger partial charge in [0, 0.05) is 6.54 Å². The van der Waals surface area contributed by atoms with Crippen molar-refractivity contribution < 1.29 is 9.84 Å². The van der Waals surface area contributed by atoms with Gasteiger partial charge in [-0.05, 0) is 58.4 Å². The normalized spacial score (nSPS) is 22.7. The van der Waals surface area contributed by atoms with Gasteiger partial charge in [0.15, 0.2) is 0 Å². The summed E-state index contributed by atoms with van der Waals surface area (Å²) in [7, 11) is 0. The topological polar surface area (TPSA) is 59.3 Å². The Morgan fingerprint density at radius 3 is 2.91 bits per heavy atom. The van der Waals surface area contributed by atoms with Crippen LogP contribution in [0.5, 0.6) is 0 Å². The van der Waals surface area contributed by atoms with Gasteiger partial charge in [0.25, 0.3) is 0 Å². The van der Waals surface area contributed by atoms with Crippen LogP contribution in [0.15, 0.2) is 18.2 Å². The van der Waals surface area contributed by atoms with Crippen LogP contribution in [0.4, 0.5) is 0 Å². The zero-order valence-electron chi connectivity index (χ0n) is 14.5. The van der Waals surface area contributed by atoms with Crippen molar-refractivity contribution in [3.63, 3.8) is 0 Å². The van der Waals surface area contributed by atoms with Crippen LogP contribution in [0.2, 0.25) is 0 Å². The second kappa shape index (κ2) is 6.23. The van der Waals surface area contributed by atoms with E-state index >= 15 is 0 Å². The molecule has 0 saturated carbocycles. The Morgan fingerprint density at radius 2 is 2.17 bits per heavy atom. The molecule has 2 N–H and O–H groups in total. The Hall–Kier alpha value is -1.43. The molecule has 2 heterocycles. The highest BCUT2D eigenvalue weighted by molar-refractivity contribution is 5.77. The van der Waals surface area contributed by atoms with Gasteiger partial charge in [-0.3, -0.25) is 0 Å². The van der Waals surface area contributed by atoms with Crippen molar-refractivity contribution in [1.82, 2.24) is 14.9 Å². The van der Waals surface area contributed by atoms with E-state index in [2.05, 4.69) is 41.9 Å². The highest BCUT2D eigenvalue weighted by atomic mass is 16.5. The third kappa shape index (κ3) is 3.57. The predicted octanol–water partition coefficient (Wildman–Crippen LogP) is 2.34. The number of benzene rings is 1. The van der Waals surface area contributed by atoms with Crippen LogP contribution >= 0.6 is 0 Å². The van der Waals surface area contributed by atoms with Crippen molar-refractivity contribution in [2.75, 3.05) is 19.7 Å². The highest BCUT2D eigenvalue weighted by Crippen LogP contribution is 2.29. The summed E-state index contributed by atoms with van der Waals surface area (Å²) in [6, 6.07) is 6.66. The van der Waals surface area contributed by atoms with E-state index < -0.39 is 5.60 Å². The number of hydrogen-bond donors (Lipinski definition) is 2. The van der Waals surface area contributed by atoms with Gasteiger partial charge in [-0.1, -0.05) is 6.07 Å². The number of aliphatic hydroxyl groups is 1. The zero-order valence-corrected chi connectivity index (χ0v) is 14.5. The van der Waals surface area contributed by atoms with Crippen molar-refractivity contribution in [2.45, 2.75) is 51.9 Å². The number of aromatic nitrogens is 2. The fourth-order valence-corrected chi connectivity index (χ4v) is 3.34. The van der Waals surface area contributed by atoms with Crippen molar-refractivity contribution in [1.29, 1.82) is 0 Å². The minimum absolute atomic E-state index is 0.0348. The molecular weight excluding hydrogens is 290 g/mol. The number of rotatable bonds is 4. The Bertz CT molecular complexity index is 687. The van der Waals surface area contributed by atoms with Crippen molar-refractivity contribution in [3.8, 4) is 0 Å². The zero-order chi connectivity index (χ0) is 16.6. The molecule has 0 spiro atoms. The second-order valence-electron chi connectivity index (χ2n) is 7.24. The van der Waals surface area contributed by atoms with Crippen LogP contribution in [0.1, 0.15) is 37.7 Å². The highest BCUT2D eigenvalue weighted by Gasteiger charge is 2.30. The van der Waals surface area contributed by atoms with Crippen LogP contribution in [-0.4, -0.2) is 46.1 Å². The van der Waals surface area contributed by atoms with E-state index in [0.717, 1.165) is 36.4 Å². The van der Waals surface area contributed by atoms with Crippen molar-refractivity contribution in [3.05, 3.63) is 29.6 Å². The molecule has 2 atom stereocenters. The SMILES string of the molecule is Cc1ccc2c(c1)nc(C)n2[C@@H]1CCNC[C@H]1OCC(C)(C)O. The van der Waals surface area contributed by atoms with Gasteiger partial charge in [-0.2, -0.15) is 0 Å². The Labute approximate surface area is 137 Å². The van der Waals surface area contributed by atoms with E-state index in [1.54, 1.807) is 13.8 Å². The molecule has 1 aromatic heterocycles. The summed E-state index contributed by atoms with van der Waals surface area (Å²) >= 11 is 0. The maximum absolute atomic E-state index is 9.96. The number of fused-ring (bicyclic) bond motifs is 1. The molecule has 0 amide bonds. The lowest BCUT2D eigenvalue weighted by atomic mass is 10.0. The summed E-state index contributed by atoms with van der Waals surface area (Å²) < 4.78 is 8.36. The summed E-state index contributed by atoms with van der Waals surface area (Å²) in [6.07, 6.45) is 1.03. The number of hydrogen-bond acceptors (Lipinski definition) is 4. The second-order valence-corrected chi connectivity index (χ2v) is 7.24. The number of aryl methyl sites for hydroxylation is 2. The standard InChI is InChI=1S/C18H27N3O2/c1-12-5-6-15-14(9-12)20-13(2)21(15)16-7-8-19-10-17(16)23-11-18(3,4)22/h5-6,9,16-17,19,22H,7-8,10-11H2,1-4H3/t16-,17-/m1/s1. The van der Waals surface area contributed by atoms with E-state index in [4.69, 9.17) is 9.72 Å². The molecule has 1 aliphatic heterocycles. The maximum atomic E-state index is 9.96. The Kier molecular flexibility index (Phi) is 4.45. The Balaban J connectivity index is 1.93. The molecule has 1 aliphatic rings. The molecule has 5 nitrogen and oxygen atoms in total. The lowest BCUT2D eigenvalue weighted by Crippen LogP contribution is -2.45. The largest absolute Gasteiger partial charge is 0.388 e. The fraction of sp³-hybridized carbons (Fsp3) is 0.611. The lowest BCUT2D eigenvalue weighted by molar-refractivity contribution is -0.0730. The molecular formula is C18H27N3O2. The van der Waals surface area contributed by atoms with Gasteiger partial charge in [-0.25, -0.2) is 4.98 Å². The molecule has 2 aromatic rings. The van der Waals surface area contributed by atoms with Crippen LogP contribution in [0.25, 0.3) is 11.0 Å². The molecule has 0 bridgehead atoms. The molecule has 5 heteroatoms. The molecule has 3 rings (SSSR count). The average molecular weight is 317 g/mol. The first kappa shape index (κ1) is 16.4. The molecule has 23 heavy (non-hydrogen) atoms. The quantitative estimate of drug-likeness (QED) is 0.909. The molecule has 0 aliphatic carbocycles. The third-order valence-corrected chi connectivity index (χ3v) is 4.40. The summed E-state index contributed by atoms with van der Waals surface area (Å²) in [5.41, 5.74) is 2.62. The van der Waals surface area contributed by atoms with Gasteiger partial charge in [0.1, 0.15) is 5.82 Å². The maximum Gasteiger partial charge on any atom is 0.107 e. The van der Waals surface area contributed by atoms with E-state index in [1.807, 2.05) is 0 Å². The first-order chi connectivity index (χ1) is 10.8. The summed E-state index contributed by atoms with van der Waals surface area (Å²) in [5.74, 6) is 1.02. The third-order valence-electron chi connectivity index (χ3n) is 4.40. The van der Waals surface area contributed by atoms with E-state index in [-0.39, 0.29) is 12.1 Å². The number of ether oxygens (including phenoxy) is 1. The molecule has 0 radical (unpaired) electrons. The minimum Gasteiger partial charge on any atom is -0.388 e. The molecule has 0 unspecified atom stereocenters. The lowest BCUT2D eigenvalue weighted by Gasteiger charge is -2.35. The van der Waals surface area contributed by atoms with Gasteiger partial charge >= 0.3 is 0 Å². The predicted molar refractivity (Wildman–Crippen MR) is 91.8 cm³/mol. The molecule has 1 fully saturated rings. The monoisotopic (exact) mass is 317 g/mol. The summed E-state index contributed by atoms with van der Waals surface area (Å²) in [4.78, 5) is 4.73. The van der Waals surface area contributed by atoms with Crippen molar-refractivity contribution in [2.24, 2.45) is 0 Å². The Morgan fingerprint density at radius 1 is 1.39 bits per heavy atom. The summed E-state index contributed by atoms with van der Waals surface area (Å²) in [6.45, 7) is 9.81. The van der Waals surface area contributed by atoms with Crippen molar-refractivity contribution >= 4 is 11.0 Å². The molecule has 1 aromatic carbocycles.